The van der Waals surface area contributed by atoms with Gasteiger partial charge in [-0.05, 0) is 0 Å². The zero-order valence-corrected chi connectivity index (χ0v) is 7.19. The number of halogens is 3. The topological polar surface area (TPSA) is 55.9 Å². The van der Waals surface area contributed by atoms with E-state index >= 15 is 0 Å². The van der Waals surface area contributed by atoms with E-state index in [2.05, 4.69) is 8.92 Å². The minimum atomic E-state index is -4.76. The lowest BCUT2D eigenvalue weighted by Gasteiger charge is -2.06. The molecule has 0 radical (unpaired) electrons. The number of epoxide rings is 1. The molecule has 1 unspecified atom stereocenters. The highest BCUT2D eigenvalue weighted by molar-refractivity contribution is 7.86. The van der Waals surface area contributed by atoms with E-state index < -0.39 is 22.0 Å². The largest absolute Gasteiger partial charge is 0.405 e. The van der Waals surface area contributed by atoms with E-state index in [1.54, 1.807) is 0 Å². The van der Waals surface area contributed by atoms with Crippen molar-refractivity contribution in [2.75, 3.05) is 19.0 Å². The van der Waals surface area contributed by atoms with E-state index in [-0.39, 0.29) is 12.7 Å². The molecular formula is C5H7F3O4S. The summed E-state index contributed by atoms with van der Waals surface area (Å²) in [6.45, 7) is -0.0000484. The number of hydrogen-bond donors (Lipinski definition) is 0. The predicted molar refractivity (Wildman–Crippen MR) is 35.5 cm³/mol. The van der Waals surface area contributed by atoms with Gasteiger partial charge in [0.15, 0.2) is 5.75 Å². The summed E-state index contributed by atoms with van der Waals surface area (Å²) in [5.41, 5.74) is 0. The Morgan fingerprint density at radius 3 is 2.38 bits per heavy atom. The van der Waals surface area contributed by atoms with Crippen molar-refractivity contribution in [1.29, 1.82) is 0 Å². The fourth-order valence-electron chi connectivity index (χ4n) is 0.586. The maximum atomic E-state index is 11.6. The Bertz CT molecular complexity index is 266. The van der Waals surface area contributed by atoms with E-state index in [0.29, 0.717) is 6.61 Å². The van der Waals surface area contributed by atoms with Crippen LogP contribution in [-0.2, 0) is 19.0 Å². The Kier molecular flexibility index (Phi) is 2.83. The first-order valence-electron chi connectivity index (χ1n) is 3.34. The lowest BCUT2D eigenvalue weighted by molar-refractivity contribution is -0.107. The first-order valence-corrected chi connectivity index (χ1v) is 4.92. The molecule has 1 aliphatic heterocycles. The van der Waals surface area contributed by atoms with Crippen LogP contribution in [0.2, 0.25) is 0 Å². The molecular weight excluding hydrogens is 213 g/mol. The van der Waals surface area contributed by atoms with Crippen molar-refractivity contribution in [3.8, 4) is 0 Å². The third-order valence-electron chi connectivity index (χ3n) is 1.18. The number of rotatable bonds is 4. The monoisotopic (exact) mass is 220 g/mol. The molecule has 0 aromatic carbocycles. The van der Waals surface area contributed by atoms with Crippen LogP contribution in [0.5, 0.6) is 0 Å². The minimum absolute atomic E-state index is 0.335. The molecule has 4 nitrogen and oxygen atoms in total. The highest BCUT2D eigenvalue weighted by Crippen LogP contribution is 2.19. The molecule has 1 saturated heterocycles. The summed E-state index contributed by atoms with van der Waals surface area (Å²) in [5.74, 6) is -1.95. The summed E-state index contributed by atoms with van der Waals surface area (Å²) in [6.07, 6.45) is -5.13. The average molecular weight is 220 g/mol. The molecule has 1 rings (SSSR count). The molecule has 0 bridgehead atoms. The Hall–Kier alpha value is -0.340. The van der Waals surface area contributed by atoms with Gasteiger partial charge in [0, 0.05) is 0 Å². The second-order valence-corrected chi connectivity index (χ2v) is 4.20. The molecule has 1 heterocycles. The van der Waals surface area contributed by atoms with Gasteiger partial charge in [0.25, 0.3) is 10.1 Å². The summed E-state index contributed by atoms with van der Waals surface area (Å²) >= 11 is 0. The van der Waals surface area contributed by atoms with E-state index in [0.717, 1.165) is 0 Å². The average Bonchev–Trinajstić information content (AvgIpc) is 2.59. The van der Waals surface area contributed by atoms with Gasteiger partial charge in [0.1, 0.15) is 6.10 Å². The summed E-state index contributed by atoms with van der Waals surface area (Å²) in [5, 5.41) is 0. The number of hydrogen-bond acceptors (Lipinski definition) is 4. The third kappa shape index (κ3) is 5.06. The van der Waals surface area contributed by atoms with Crippen molar-refractivity contribution < 1.29 is 30.5 Å². The second-order valence-electron chi connectivity index (χ2n) is 2.56. The van der Waals surface area contributed by atoms with E-state index in [4.69, 9.17) is 0 Å². The maximum Gasteiger partial charge on any atom is 0.405 e. The molecule has 1 aliphatic rings. The number of ether oxygens (including phenoxy) is 1. The Balaban J connectivity index is 2.36. The van der Waals surface area contributed by atoms with Crippen molar-refractivity contribution >= 4 is 10.1 Å². The smallest absolute Gasteiger partial charge is 0.371 e. The predicted octanol–water partition coefficient (Wildman–Crippen LogP) is 0.294. The first-order chi connectivity index (χ1) is 5.79. The Morgan fingerprint density at radius 1 is 1.46 bits per heavy atom. The van der Waals surface area contributed by atoms with Crippen molar-refractivity contribution in [2.45, 2.75) is 12.3 Å². The SMILES string of the molecule is O=S(=O)(CC(F)(F)F)OCC1CO1. The minimum Gasteiger partial charge on any atom is -0.371 e. The highest BCUT2D eigenvalue weighted by Gasteiger charge is 2.37. The molecule has 0 aliphatic carbocycles. The first kappa shape index (κ1) is 10.7. The van der Waals surface area contributed by atoms with Crippen LogP contribution in [0.15, 0.2) is 0 Å². The Morgan fingerprint density at radius 2 is 2.00 bits per heavy atom. The van der Waals surface area contributed by atoms with Crippen LogP contribution in [0.25, 0.3) is 0 Å². The molecule has 13 heavy (non-hydrogen) atoms. The van der Waals surface area contributed by atoms with E-state index in [9.17, 15) is 21.6 Å². The molecule has 1 fully saturated rings. The van der Waals surface area contributed by atoms with Gasteiger partial charge < -0.3 is 4.74 Å². The van der Waals surface area contributed by atoms with Gasteiger partial charge in [-0.25, -0.2) is 0 Å². The zero-order chi connectivity index (χ0) is 10.1. The lowest BCUT2D eigenvalue weighted by Crippen LogP contribution is -2.25. The van der Waals surface area contributed by atoms with Crippen LogP contribution in [0.1, 0.15) is 0 Å². The summed E-state index contributed by atoms with van der Waals surface area (Å²) in [7, 11) is -4.50. The van der Waals surface area contributed by atoms with Crippen molar-refractivity contribution in [2.24, 2.45) is 0 Å². The van der Waals surface area contributed by atoms with Crippen LogP contribution < -0.4 is 0 Å². The molecule has 78 valence electrons. The van der Waals surface area contributed by atoms with E-state index in [1.165, 1.54) is 0 Å². The van der Waals surface area contributed by atoms with Crippen molar-refractivity contribution in [3.05, 3.63) is 0 Å². The molecule has 1 atom stereocenters. The third-order valence-corrected chi connectivity index (χ3v) is 2.35. The second kappa shape index (κ2) is 3.43. The quantitative estimate of drug-likeness (QED) is 0.505. The molecule has 0 aromatic rings. The van der Waals surface area contributed by atoms with Gasteiger partial charge in [0.2, 0.25) is 0 Å². The highest BCUT2D eigenvalue weighted by atomic mass is 32.2. The molecule has 8 heteroatoms. The van der Waals surface area contributed by atoms with Crippen LogP contribution >= 0.6 is 0 Å². The van der Waals surface area contributed by atoms with Gasteiger partial charge >= 0.3 is 6.18 Å². The summed E-state index contributed by atoms with van der Waals surface area (Å²) < 4.78 is 64.6. The van der Waals surface area contributed by atoms with Crippen LogP contribution in [-0.4, -0.2) is 39.7 Å². The maximum absolute atomic E-state index is 11.6. The van der Waals surface area contributed by atoms with E-state index in [1.807, 2.05) is 0 Å². The standard InChI is InChI=1S/C5H7F3O4S/c6-5(7,8)3-13(9,10)12-2-4-1-11-4/h4H,1-3H2. The van der Waals surface area contributed by atoms with Gasteiger partial charge in [-0.1, -0.05) is 0 Å². The van der Waals surface area contributed by atoms with Crippen LogP contribution in [0.3, 0.4) is 0 Å². The van der Waals surface area contributed by atoms with Crippen LogP contribution in [0.4, 0.5) is 13.2 Å². The molecule has 0 aromatic heterocycles. The molecule has 0 saturated carbocycles. The molecule has 0 amide bonds. The van der Waals surface area contributed by atoms with Crippen LogP contribution in [0, 0.1) is 0 Å². The normalized spacial score (nSPS) is 23.2. The van der Waals surface area contributed by atoms with Gasteiger partial charge in [-0.3, -0.25) is 4.18 Å². The summed E-state index contributed by atoms with van der Waals surface area (Å²) in [6, 6.07) is 0. The van der Waals surface area contributed by atoms with Crippen molar-refractivity contribution in [1.82, 2.24) is 0 Å². The fraction of sp³-hybridized carbons (Fsp3) is 1.00. The van der Waals surface area contributed by atoms with Gasteiger partial charge in [-0.15, -0.1) is 0 Å². The Labute approximate surface area is 72.8 Å². The zero-order valence-electron chi connectivity index (χ0n) is 6.37. The van der Waals surface area contributed by atoms with Crippen molar-refractivity contribution in [3.63, 3.8) is 0 Å². The molecule has 0 spiro atoms. The van der Waals surface area contributed by atoms with Gasteiger partial charge in [-0.2, -0.15) is 21.6 Å². The molecule has 0 N–H and O–H groups in total. The van der Waals surface area contributed by atoms with Gasteiger partial charge in [0.05, 0.1) is 13.2 Å². The lowest BCUT2D eigenvalue weighted by atomic mass is 10.5. The fourth-order valence-corrected chi connectivity index (χ4v) is 1.43. The number of alkyl halides is 3. The summed E-state index contributed by atoms with van der Waals surface area (Å²) in [4.78, 5) is 0.